The average Bonchev–Trinajstić information content (AvgIpc) is 2.92. The molecule has 0 aliphatic heterocycles. The highest BCUT2D eigenvalue weighted by atomic mass is 19.4. The molecule has 1 atom stereocenters. The Bertz CT molecular complexity index is 1340. The molecular weight excluding hydrogens is 397 g/mol. The summed E-state index contributed by atoms with van der Waals surface area (Å²) in [5, 5.41) is 13.0. The van der Waals surface area contributed by atoms with Crippen molar-refractivity contribution in [2.75, 3.05) is 5.32 Å². The molecule has 1 N–H and O–H groups in total. The topological polar surface area (TPSA) is 77.6 Å². The molecule has 4 rings (SSSR count). The van der Waals surface area contributed by atoms with Crippen LogP contribution in [0.4, 0.5) is 19.0 Å². The van der Waals surface area contributed by atoms with Gasteiger partial charge in [0.2, 0.25) is 0 Å². The maximum atomic E-state index is 13.0. The van der Waals surface area contributed by atoms with Crippen LogP contribution in [0.25, 0.3) is 21.8 Å². The number of imidazole rings is 1. The lowest BCUT2D eigenvalue weighted by atomic mass is 10.1. The van der Waals surface area contributed by atoms with Crippen LogP contribution in [-0.2, 0) is 20.3 Å². The second kappa shape index (κ2) is 6.82. The fourth-order valence-corrected chi connectivity index (χ4v) is 3.51. The van der Waals surface area contributed by atoms with Gasteiger partial charge in [-0.1, -0.05) is 6.07 Å². The summed E-state index contributed by atoms with van der Waals surface area (Å²) in [5.74, 6) is 0.403. The van der Waals surface area contributed by atoms with Crippen LogP contribution in [0.5, 0.6) is 0 Å². The van der Waals surface area contributed by atoms with Crippen LogP contribution in [0.2, 0.25) is 0 Å². The van der Waals surface area contributed by atoms with Gasteiger partial charge in [0.25, 0.3) is 0 Å². The number of aryl methyl sites for hydroxylation is 3. The molecule has 0 bridgehead atoms. The summed E-state index contributed by atoms with van der Waals surface area (Å²) in [5.41, 5.74) is 1.27. The van der Waals surface area contributed by atoms with E-state index in [1.54, 1.807) is 25.6 Å². The van der Waals surface area contributed by atoms with Crippen molar-refractivity contribution in [1.82, 2.24) is 24.3 Å². The first-order chi connectivity index (χ1) is 14.1. The van der Waals surface area contributed by atoms with Crippen molar-refractivity contribution >= 4 is 27.6 Å². The average molecular weight is 416 g/mol. The van der Waals surface area contributed by atoms with Gasteiger partial charge in [-0.05, 0) is 38.1 Å². The summed E-state index contributed by atoms with van der Waals surface area (Å²) < 4.78 is 42.1. The molecule has 4 aromatic rings. The van der Waals surface area contributed by atoms with Gasteiger partial charge >= 0.3 is 11.9 Å². The van der Waals surface area contributed by atoms with Crippen LogP contribution in [-0.4, -0.2) is 24.3 Å². The second-order valence-electron chi connectivity index (χ2n) is 7.23. The van der Waals surface area contributed by atoms with Crippen molar-refractivity contribution < 1.29 is 13.2 Å². The monoisotopic (exact) mass is 416 g/mol. The van der Waals surface area contributed by atoms with E-state index < -0.39 is 17.9 Å². The smallest absolute Gasteiger partial charge is 0.360 e. The van der Waals surface area contributed by atoms with Crippen LogP contribution >= 0.6 is 0 Å². The number of benzene rings is 1. The Kier molecular flexibility index (Phi) is 4.52. The van der Waals surface area contributed by atoms with Gasteiger partial charge in [0.05, 0.1) is 28.5 Å². The van der Waals surface area contributed by atoms with E-state index >= 15 is 0 Å². The zero-order valence-electron chi connectivity index (χ0n) is 16.7. The summed E-state index contributed by atoms with van der Waals surface area (Å²) in [6.45, 7) is 3.51. The third kappa shape index (κ3) is 3.17. The number of rotatable bonds is 3. The highest BCUT2D eigenvalue weighted by Gasteiger charge is 2.32. The third-order valence-corrected chi connectivity index (χ3v) is 5.21. The molecule has 0 saturated carbocycles. The zero-order chi connectivity index (χ0) is 21.8. The Morgan fingerprint density at radius 1 is 1.03 bits per heavy atom. The molecular formula is C20H19F3N6O. The standard InChI is InChI=1S/C20H19F3N6O/c1-10-12-8-15-16(29(4)19(30)28(15)3)9-13(12)18(27-26-10)24-11(2)14-6-5-7-17(25-14)20(21,22)23/h5-9,11H,1-4H3,(H,24,27)/t11-/m1/s1. The number of alkyl halides is 3. The van der Waals surface area contributed by atoms with Gasteiger partial charge in [0, 0.05) is 24.9 Å². The fourth-order valence-electron chi connectivity index (χ4n) is 3.51. The molecule has 0 aliphatic carbocycles. The number of nitrogens with one attached hydrogen (secondary N) is 1. The van der Waals surface area contributed by atoms with Crippen molar-refractivity contribution in [1.29, 1.82) is 0 Å². The minimum absolute atomic E-state index is 0.157. The Hall–Kier alpha value is -3.43. The van der Waals surface area contributed by atoms with Crippen LogP contribution in [0, 0.1) is 6.92 Å². The predicted molar refractivity (Wildman–Crippen MR) is 107 cm³/mol. The first-order valence-electron chi connectivity index (χ1n) is 9.21. The maximum Gasteiger partial charge on any atom is 0.433 e. The molecule has 3 aromatic heterocycles. The van der Waals surface area contributed by atoms with E-state index in [1.165, 1.54) is 16.7 Å². The van der Waals surface area contributed by atoms with Gasteiger partial charge < -0.3 is 5.32 Å². The molecule has 0 amide bonds. The van der Waals surface area contributed by atoms with E-state index in [2.05, 4.69) is 20.5 Å². The molecule has 0 radical (unpaired) electrons. The van der Waals surface area contributed by atoms with E-state index in [0.29, 0.717) is 11.5 Å². The minimum Gasteiger partial charge on any atom is -0.360 e. The van der Waals surface area contributed by atoms with Crippen molar-refractivity contribution in [3.05, 3.63) is 57.9 Å². The first kappa shape index (κ1) is 19.9. The molecule has 0 unspecified atom stereocenters. The number of hydrogen-bond donors (Lipinski definition) is 1. The quantitative estimate of drug-likeness (QED) is 0.551. The third-order valence-electron chi connectivity index (χ3n) is 5.21. The van der Waals surface area contributed by atoms with Crippen LogP contribution in [0.3, 0.4) is 0 Å². The first-order valence-corrected chi connectivity index (χ1v) is 9.21. The summed E-state index contributed by atoms with van der Waals surface area (Å²) in [7, 11) is 3.38. The maximum absolute atomic E-state index is 13.0. The lowest BCUT2D eigenvalue weighted by molar-refractivity contribution is -0.141. The zero-order valence-corrected chi connectivity index (χ0v) is 16.7. The van der Waals surface area contributed by atoms with Crippen molar-refractivity contribution in [2.45, 2.75) is 26.1 Å². The van der Waals surface area contributed by atoms with E-state index in [1.807, 2.05) is 19.1 Å². The summed E-state index contributed by atoms with van der Waals surface area (Å²) in [6, 6.07) is 6.94. The highest BCUT2D eigenvalue weighted by Crippen LogP contribution is 2.31. The van der Waals surface area contributed by atoms with Crippen LogP contribution in [0.1, 0.15) is 30.0 Å². The van der Waals surface area contributed by atoms with E-state index in [-0.39, 0.29) is 11.4 Å². The second-order valence-corrected chi connectivity index (χ2v) is 7.23. The highest BCUT2D eigenvalue weighted by molar-refractivity contribution is 6.01. The van der Waals surface area contributed by atoms with E-state index in [0.717, 1.165) is 27.9 Å². The lowest BCUT2D eigenvalue weighted by Crippen LogP contribution is -2.19. The molecule has 0 aliphatic rings. The van der Waals surface area contributed by atoms with Crippen LogP contribution in [0.15, 0.2) is 35.1 Å². The molecule has 0 saturated heterocycles. The predicted octanol–water partition coefficient (Wildman–Crippen LogP) is 3.72. The van der Waals surface area contributed by atoms with E-state index in [9.17, 15) is 18.0 Å². The van der Waals surface area contributed by atoms with Gasteiger partial charge in [0.15, 0.2) is 5.82 Å². The van der Waals surface area contributed by atoms with Gasteiger partial charge in [-0.15, -0.1) is 5.10 Å². The van der Waals surface area contributed by atoms with Crippen molar-refractivity contribution in [2.24, 2.45) is 14.1 Å². The fraction of sp³-hybridized carbons (Fsp3) is 0.300. The Morgan fingerprint density at radius 2 is 1.67 bits per heavy atom. The van der Waals surface area contributed by atoms with Gasteiger partial charge in [-0.2, -0.15) is 18.3 Å². The molecule has 30 heavy (non-hydrogen) atoms. The number of aromatic nitrogens is 5. The minimum atomic E-state index is -4.52. The molecule has 7 nitrogen and oxygen atoms in total. The molecule has 1 aromatic carbocycles. The molecule has 10 heteroatoms. The number of anilines is 1. The number of hydrogen-bond acceptors (Lipinski definition) is 5. The van der Waals surface area contributed by atoms with Crippen LogP contribution < -0.4 is 11.0 Å². The molecule has 0 spiro atoms. The molecule has 156 valence electrons. The Morgan fingerprint density at radius 3 is 2.30 bits per heavy atom. The number of pyridine rings is 1. The lowest BCUT2D eigenvalue weighted by Gasteiger charge is -2.17. The largest absolute Gasteiger partial charge is 0.433 e. The Labute approximate surface area is 169 Å². The van der Waals surface area contributed by atoms with E-state index in [4.69, 9.17) is 0 Å². The summed E-state index contributed by atoms with van der Waals surface area (Å²) in [4.78, 5) is 16.0. The number of nitrogens with zero attached hydrogens (tertiary/aromatic N) is 5. The SMILES string of the molecule is Cc1nnc(N[C@H](C)c2cccc(C(F)(F)F)n2)c2cc3c(cc12)n(C)c(=O)n3C. The van der Waals surface area contributed by atoms with Gasteiger partial charge in [-0.25, -0.2) is 9.78 Å². The Balaban J connectivity index is 1.81. The van der Waals surface area contributed by atoms with Crippen molar-refractivity contribution in [3.63, 3.8) is 0 Å². The van der Waals surface area contributed by atoms with Crippen molar-refractivity contribution in [3.8, 4) is 0 Å². The summed E-state index contributed by atoms with van der Waals surface area (Å²) in [6.07, 6.45) is -4.52. The van der Waals surface area contributed by atoms with Gasteiger partial charge in [0.1, 0.15) is 5.69 Å². The van der Waals surface area contributed by atoms with Gasteiger partial charge in [-0.3, -0.25) is 9.13 Å². The number of fused-ring (bicyclic) bond motifs is 2. The summed E-state index contributed by atoms with van der Waals surface area (Å²) >= 11 is 0. The normalized spacial score (nSPS) is 13.2. The number of halogens is 3. The molecule has 0 fully saturated rings. The molecule has 3 heterocycles.